The molecule has 0 aliphatic carbocycles. The van der Waals surface area contributed by atoms with E-state index in [4.69, 9.17) is 4.52 Å². The molecule has 0 fully saturated rings. The summed E-state index contributed by atoms with van der Waals surface area (Å²) in [5.74, 6) is 0.609. The molecule has 4 heteroatoms. The lowest BCUT2D eigenvalue weighted by Gasteiger charge is -2.27. The number of aryl methyl sites for hydroxylation is 1. The van der Waals surface area contributed by atoms with Crippen molar-refractivity contribution in [2.24, 2.45) is 5.41 Å². The van der Waals surface area contributed by atoms with Gasteiger partial charge in [0.25, 0.3) is 0 Å². The molecule has 1 atom stereocenters. The minimum Gasteiger partial charge on any atom is -0.387 e. The topological polar surface area (TPSA) is 46.3 Å². The monoisotopic (exact) mass is 335 g/mol. The first-order valence-electron chi connectivity index (χ1n) is 6.40. The Balaban J connectivity index is 2.52. The molecule has 0 saturated heterocycles. The lowest BCUT2D eigenvalue weighted by atomic mass is 9.81. The van der Waals surface area contributed by atoms with Crippen LogP contribution in [0.1, 0.15) is 31.2 Å². The van der Waals surface area contributed by atoms with Gasteiger partial charge >= 0.3 is 0 Å². The summed E-state index contributed by atoms with van der Waals surface area (Å²) in [6, 6.07) is 7.73. The first-order chi connectivity index (χ1) is 9.36. The number of benzene rings is 1. The fourth-order valence-corrected chi connectivity index (χ4v) is 2.26. The number of halogens is 1. The average Bonchev–Trinajstić information content (AvgIpc) is 2.80. The largest absolute Gasteiger partial charge is 0.387 e. The minimum atomic E-state index is -0.718. The van der Waals surface area contributed by atoms with Gasteiger partial charge in [0, 0.05) is 15.5 Å². The summed E-state index contributed by atoms with van der Waals surface area (Å²) >= 11 is 3.40. The summed E-state index contributed by atoms with van der Waals surface area (Å²) < 4.78 is 6.41. The zero-order valence-corrected chi connectivity index (χ0v) is 13.4. The summed E-state index contributed by atoms with van der Waals surface area (Å²) in [5, 5.41) is 14.6. The second kappa shape index (κ2) is 5.54. The van der Waals surface area contributed by atoms with Crippen molar-refractivity contribution in [1.29, 1.82) is 0 Å². The van der Waals surface area contributed by atoms with Crippen molar-refractivity contribution in [2.75, 3.05) is 0 Å². The molecule has 106 valence electrons. The Bertz CT molecular complexity index is 614. The van der Waals surface area contributed by atoms with Gasteiger partial charge in [0.15, 0.2) is 5.76 Å². The molecule has 2 aromatic rings. The van der Waals surface area contributed by atoms with Crippen LogP contribution in [0.2, 0.25) is 0 Å². The van der Waals surface area contributed by atoms with Gasteiger partial charge in [0.1, 0.15) is 0 Å². The predicted octanol–water partition coefficient (Wildman–Crippen LogP) is 4.66. The van der Waals surface area contributed by atoms with Crippen LogP contribution in [0.4, 0.5) is 0 Å². The highest BCUT2D eigenvalue weighted by atomic mass is 79.9. The zero-order chi connectivity index (χ0) is 14.9. The molecule has 1 heterocycles. The van der Waals surface area contributed by atoms with Crippen LogP contribution in [-0.2, 0) is 0 Å². The van der Waals surface area contributed by atoms with Crippen molar-refractivity contribution in [3.8, 4) is 11.3 Å². The third-order valence-corrected chi connectivity index (χ3v) is 4.05. The number of rotatable bonds is 4. The van der Waals surface area contributed by atoms with Gasteiger partial charge in [0.2, 0.25) is 0 Å². The molecule has 0 bridgehead atoms. The van der Waals surface area contributed by atoms with E-state index in [-0.39, 0.29) is 0 Å². The van der Waals surface area contributed by atoms with Crippen LogP contribution in [0.25, 0.3) is 11.3 Å². The SMILES string of the molecule is C=CC(C)(C)C(O)c1c(C)noc1-c1ccc(Br)cc1. The first-order valence-corrected chi connectivity index (χ1v) is 7.20. The van der Waals surface area contributed by atoms with E-state index in [1.54, 1.807) is 6.08 Å². The van der Waals surface area contributed by atoms with Crippen molar-refractivity contribution in [1.82, 2.24) is 5.16 Å². The molecule has 0 aliphatic heterocycles. The smallest absolute Gasteiger partial charge is 0.172 e. The predicted molar refractivity (Wildman–Crippen MR) is 83.3 cm³/mol. The van der Waals surface area contributed by atoms with Crippen LogP contribution in [0, 0.1) is 12.3 Å². The first kappa shape index (κ1) is 15.0. The highest BCUT2D eigenvalue weighted by Crippen LogP contribution is 2.40. The van der Waals surface area contributed by atoms with Gasteiger partial charge in [-0.15, -0.1) is 6.58 Å². The van der Waals surface area contributed by atoms with Crippen LogP contribution in [0.3, 0.4) is 0 Å². The molecular weight excluding hydrogens is 318 g/mol. The minimum absolute atomic E-state index is 0.458. The van der Waals surface area contributed by atoms with E-state index < -0.39 is 11.5 Å². The fraction of sp³-hybridized carbons (Fsp3) is 0.312. The highest BCUT2D eigenvalue weighted by Gasteiger charge is 2.32. The van der Waals surface area contributed by atoms with Gasteiger partial charge in [0.05, 0.1) is 17.4 Å². The quantitative estimate of drug-likeness (QED) is 0.826. The lowest BCUT2D eigenvalue weighted by molar-refractivity contribution is 0.0818. The zero-order valence-electron chi connectivity index (χ0n) is 11.9. The molecule has 0 amide bonds. The Morgan fingerprint density at radius 2 is 1.95 bits per heavy atom. The van der Waals surface area contributed by atoms with Crippen LogP contribution < -0.4 is 0 Å². The van der Waals surface area contributed by atoms with Crippen molar-refractivity contribution in [3.05, 3.63) is 52.7 Å². The molecule has 1 aromatic carbocycles. The number of hydrogen-bond acceptors (Lipinski definition) is 3. The van der Waals surface area contributed by atoms with Gasteiger partial charge in [-0.3, -0.25) is 0 Å². The van der Waals surface area contributed by atoms with E-state index in [1.165, 1.54) is 0 Å². The Hall–Kier alpha value is -1.39. The average molecular weight is 336 g/mol. The Morgan fingerprint density at radius 1 is 1.35 bits per heavy atom. The second-order valence-corrected chi connectivity index (χ2v) is 6.36. The summed E-state index contributed by atoms with van der Waals surface area (Å²) in [7, 11) is 0. The number of aliphatic hydroxyl groups is 1. The molecule has 1 unspecified atom stereocenters. The van der Waals surface area contributed by atoms with Crippen molar-refractivity contribution >= 4 is 15.9 Å². The van der Waals surface area contributed by atoms with Crippen LogP contribution in [0.5, 0.6) is 0 Å². The van der Waals surface area contributed by atoms with Crippen LogP contribution in [-0.4, -0.2) is 10.3 Å². The van der Waals surface area contributed by atoms with E-state index in [1.807, 2.05) is 45.0 Å². The van der Waals surface area contributed by atoms with Crippen molar-refractivity contribution in [3.63, 3.8) is 0 Å². The van der Waals surface area contributed by atoms with Gasteiger partial charge < -0.3 is 9.63 Å². The summed E-state index contributed by atoms with van der Waals surface area (Å²) in [4.78, 5) is 0. The summed E-state index contributed by atoms with van der Waals surface area (Å²) in [6.07, 6.45) is 1.03. The van der Waals surface area contributed by atoms with Gasteiger partial charge in [-0.05, 0) is 19.1 Å². The highest BCUT2D eigenvalue weighted by molar-refractivity contribution is 9.10. The Kier molecular flexibility index (Phi) is 4.16. The number of nitrogens with zero attached hydrogens (tertiary/aromatic N) is 1. The molecular formula is C16H18BrNO2. The standard InChI is InChI=1S/C16H18BrNO2/c1-5-16(3,4)15(19)13-10(2)18-20-14(13)11-6-8-12(17)9-7-11/h5-9,15,19H,1H2,2-4H3. The Morgan fingerprint density at radius 3 is 2.50 bits per heavy atom. The van der Waals surface area contributed by atoms with Gasteiger partial charge in [-0.1, -0.05) is 53.1 Å². The molecule has 3 nitrogen and oxygen atoms in total. The van der Waals surface area contributed by atoms with Crippen LogP contribution in [0.15, 0.2) is 45.9 Å². The van der Waals surface area contributed by atoms with Crippen molar-refractivity contribution in [2.45, 2.75) is 26.9 Å². The van der Waals surface area contributed by atoms with Gasteiger partial charge in [-0.2, -0.15) is 0 Å². The second-order valence-electron chi connectivity index (χ2n) is 5.45. The molecule has 2 rings (SSSR count). The maximum atomic E-state index is 10.6. The van der Waals surface area contributed by atoms with Gasteiger partial charge in [-0.25, -0.2) is 0 Å². The maximum Gasteiger partial charge on any atom is 0.172 e. The van der Waals surface area contributed by atoms with Crippen LogP contribution >= 0.6 is 15.9 Å². The summed E-state index contributed by atoms with van der Waals surface area (Å²) in [5.41, 5.74) is 1.85. The molecule has 1 aromatic heterocycles. The number of hydrogen-bond donors (Lipinski definition) is 1. The molecule has 0 spiro atoms. The molecule has 0 radical (unpaired) electrons. The molecule has 0 aliphatic rings. The molecule has 1 N–H and O–H groups in total. The van der Waals surface area contributed by atoms with E-state index >= 15 is 0 Å². The number of aromatic nitrogens is 1. The van der Waals surface area contributed by atoms with E-state index in [0.29, 0.717) is 11.5 Å². The maximum absolute atomic E-state index is 10.6. The van der Waals surface area contributed by atoms with Crippen molar-refractivity contribution < 1.29 is 9.63 Å². The van der Waals surface area contributed by atoms with E-state index in [2.05, 4.69) is 27.7 Å². The summed E-state index contributed by atoms with van der Waals surface area (Å²) in [6.45, 7) is 9.49. The lowest BCUT2D eigenvalue weighted by Crippen LogP contribution is -2.20. The third kappa shape index (κ3) is 2.72. The normalized spacial score (nSPS) is 13.2. The molecule has 20 heavy (non-hydrogen) atoms. The fourth-order valence-electron chi connectivity index (χ4n) is 1.99. The third-order valence-electron chi connectivity index (χ3n) is 3.52. The van der Waals surface area contributed by atoms with E-state index in [9.17, 15) is 5.11 Å². The van der Waals surface area contributed by atoms with E-state index in [0.717, 1.165) is 15.6 Å². The number of aliphatic hydroxyl groups excluding tert-OH is 1. The molecule has 0 saturated carbocycles. The Labute approximate surface area is 127 Å².